The zero-order chi connectivity index (χ0) is 20.1. The maximum Gasteiger partial charge on any atom is 0.317 e. The van der Waals surface area contributed by atoms with E-state index < -0.39 is 0 Å². The molecule has 0 atom stereocenters. The molecule has 0 spiro atoms. The average molecular weight is 415 g/mol. The van der Waals surface area contributed by atoms with E-state index in [9.17, 15) is 4.79 Å². The fraction of sp³-hybridized carbons (Fsp3) is 0.455. The Balaban J connectivity index is 1.22. The molecule has 1 aromatic heterocycles. The number of benzene rings is 1. The van der Waals surface area contributed by atoms with Crippen molar-refractivity contribution in [1.29, 1.82) is 0 Å². The molecule has 2 heterocycles. The molecule has 7 heteroatoms. The van der Waals surface area contributed by atoms with Gasteiger partial charge in [0.1, 0.15) is 6.10 Å². The molecule has 1 saturated heterocycles. The number of carbonyl (C=O) groups excluding carboxylic acids is 1. The van der Waals surface area contributed by atoms with Crippen LogP contribution in [0.15, 0.2) is 42.6 Å². The first kappa shape index (κ1) is 19.8. The van der Waals surface area contributed by atoms with Crippen LogP contribution in [0, 0.1) is 0 Å². The lowest BCUT2D eigenvalue weighted by Crippen LogP contribution is -2.51. The number of aromatic nitrogens is 1. The molecule has 1 N–H and O–H groups in total. The number of hydrogen-bond acceptors (Lipinski definition) is 4. The van der Waals surface area contributed by atoms with Crippen LogP contribution in [0.4, 0.5) is 10.5 Å². The molecule has 1 saturated carbocycles. The second-order valence-corrected chi connectivity index (χ2v) is 8.08. The normalized spacial score (nSPS) is 17.4. The summed E-state index contributed by atoms with van der Waals surface area (Å²) in [6.07, 6.45) is 6.79. The third kappa shape index (κ3) is 5.32. The molecule has 154 valence electrons. The zero-order valence-corrected chi connectivity index (χ0v) is 17.3. The summed E-state index contributed by atoms with van der Waals surface area (Å²) in [6, 6.07) is 11.7. The third-order valence-corrected chi connectivity index (χ3v) is 5.81. The number of rotatable bonds is 5. The van der Waals surface area contributed by atoms with Crippen molar-refractivity contribution in [3.8, 4) is 5.88 Å². The van der Waals surface area contributed by atoms with Crippen LogP contribution < -0.4 is 15.0 Å². The highest BCUT2D eigenvalue weighted by Crippen LogP contribution is 2.23. The van der Waals surface area contributed by atoms with Gasteiger partial charge in [-0.3, -0.25) is 0 Å². The van der Waals surface area contributed by atoms with Gasteiger partial charge in [-0.2, -0.15) is 0 Å². The highest BCUT2D eigenvalue weighted by Gasteiger charge is 2.21. The Hall–Kier alpha value is -2.47. The van der Waals surface area contributed by atoms with Crippen LogP contribution >= 0.6 is 11.6 Å². The number of halogens is 1. The summed E-state index contributed by atoms with van der Waals surface area (Å²) in [6.45, 7) is 3.42. The van der Waals surface area contributed by atoms with Crippen molar-refractivity contribution in [1.82, 2.24) is 15.2 Å². The molecule has 0 radical (unpaired) electrons. The average Bonchev–Trinajstić information content (AvgIpc) is 3.26. The number of carbonyl (C=O) groups is 1. The Morgan fingerprint density at radius 2 is 1.93 bits per heavy atom. The van der Waals surface area contributed by atoms with Gasteiger partial charge in [0.25, 0.3) is 0 Å². The van der Waals surface area contributed by atoms with E-state index in [0.29, 0.717) is 31.6 Å². The van der Waals surface area contributed by atoms with E-state index in [0.717, 1.165) is 42.2 Å². The first-order valence-corrected chi connectivity index (χ1v) is 10.7. The smallest absolute Gasteiger partial charge is 0.317 e. The van der Waals surface area contributed by atoms with E-state index in [2.05, 4.69) is 21.3 Å². The van der Waals surface area contributed by atoms with Gasteiger partial charge in [-0.05, 0) is 49.4 Å². The van der Waals surface area contributed by atoms with Gasteiger partial charge < -0.3 is 19.9 Å². The molecule has 2 fully saturated rings. The number of urea groups is 1. The molecular formula is C22H27ClN4O2. The van der Waals surface area contributed by atoms with Crippen LogP contribution in [-0.4, -0.2) is 48.2 Å². The van der Waals surface area contributed by atoms with Gasteiger partial charge in [-0.25, -0.2) is 9.78 Å². The van der Waals surface area contributed by atoms with Gasteiger partial charge in [-0.15, -0.1) is 0 Å². The number of nitrogens with zero attached hydrogens (tertiary/aromatic N) is 3. The van der Waals surface area contributed by atoms with Gasteiger partial charge in [0.15, 0.2) is 0 Å². The van der Waals surface area contributed by atoms with E-state index >= 15 is 0 Å². The predicted molar refractivity (Wildman–Crippen MR) is 115 cm³/mol. The van der Waals surface area contributed by atoms with Crippen LogP contribution in [0.1, 0.15) is 31.2 Å². The first-order chi connectivity index (χ1) is 14.2. The molecule has 0 bridgehead atoms. The van der Waals surface area contributed by atoms with E-state index in [1.165, 1.54) is 12.8 Å². The molecule has 29 heavy (non-hydrogen) atoms. The number of ether oxygens (including phenoxy) is 1. The second-order valence-electron chi connectivity index (χ2n) is 7.64. The number of nitrogens with one attached hydrogen (secondary N) is 1. The summed E-state index contributed by atoms with van der Waals surface area (Å²) in [5.41, 5.74) is 2.07. The number of amides is 2. The highest BCUT2D eigenvalue weighted by molar-refractivity contribution is 6.30. The summed E-state index contributed by atoms with van der Waals surface area (Å²) >= 11 is 6.08. The van der Waals surface area contributed by atoms with Gasteiger partial charge >= 0.3 is 6.03 Å². The van der Waals surface area contributed by atoms with Crippen LogP contribution in [0.2, 0.25) is 5.02 Å². The summed E-state index contributed by atoms with van der Waals surface area (Å²) in [4.78, 5) is 21.0. The van der Waals surface area contributed by atoms with Crippen molar-refractivity contribution in [3.05, 3.63) is 53.2 Å². The third-order valence-electron chi connectivity index (χ3n) is 5.57. The van der Waals surface area contributed by atoms with Crippen LogP contribution in [0.5, 0.6) is 5.88 Å². The Morgan fingerprint density at radius 1 is 1.14 bits per heavy atom. The van der Waals surface area contributed by atoms with Crippen molar-refractivity contribution in [2.75, 3.05) is 31.1 Å². The van der Waals surface area contributed by atoms with Gasteiger partial charge in [-0.1, -0.05) is 23.7 Å². The van der Waals surface area contributed by atoms with Crippen LogP contribution in [-0.2, 0) is 6.54 Å². The molecule has 2 amide bonds. The Labute approximate surface area is 176 Å². The van der Waals surface area contributed by atoms with Crippen molar-refractivity contribution in [2.45, 2.75) is 38.3 Å². The van der Waals surface area contributed by atoms with Crippen LogP contribution in [0.3, 0.4) is 0 Å². The largest absolute Gasteiger partial charge is 0.474 e. The molecule has 6 nitrogen and oxygen atoms in total. The zero-order valence-electron chi connectivity index (χ0n) is 16.5. The van der Waals surface area contributed by atoms with Gasteiger partial charge in [0, 0.05) is 55.7 Å². The second kappa shape index (κ2) is 9.35. The quantitative estimate of drug-likeness (QED) is 0.800. The maximum absolute atomic E-state index is 12.5. The van der Waals surface area contributed by atoms with Crippen molar-refractivity contribution >= 4 is 23.3 Å². The summed E-state index contributed by atoms with van der Waals surface area (Å²) in [5, 5.41) is 3.72. The minimum Gasteiger partial charge on any atom is -0.474 e. The molecule has 2 aliphatic rings. The molecule has 2 aromatic rings. The highest BCUT2D eigenvalue weighted by atomic mass is 35.5. The number of piperazine rings is 1. The fourth-order valence-electron chi connectivity index (χ4n) is 3.89. The summed E-state index contributed by atoms with van der Waals surface area (Å²) in [7, 11) is 0. The maximum atomic E-state index is 12.5. The monoisotopic (exact) mass is 414 g/mol. The lowest BCUT2D eigenvalue weighted by molar-refractivity contribution is 0.194. The SMILES string of the molecule is O=C(NCc1ccc(OC2CCCC2)nc1)N1CCN(c2cccc(Cl)c2)CC1. The Bertz CT molecular complexity index is 816. The Morgan fingerprint density at radius 3 is 2.62 bits per heavy atom. The van der Waals surface area contributed by atoms with Gasteiger partial charge in [0.2, 0.25) is 5.88 Å². The van der Waals surface area contributed by atoms with Crippen molar-refractivity contribution in [2.24, 2.45) is 0 Å². The minimum atomic E-state index is -0.0398. The topological polar surface area (TPSA) is 57.7 Å². The minimum absolute atomic E-state index is 0.0398. The number of hydrogen-bond donors (Lipinski definition) is 1. The Kier molecular flexibility index (Phi) is 6.39. The summed E-state index contributed by atoms with van der Waals surface area (Å²) in [5.74, 6) is 0.670. The van der Waals surface area contributed by atoms with Gasteiger partial charge in [0.05, 0.1) is 0 Å². The lowest BCUT2D eigenvalue weighted by atomic mass is 10.2. The summed E-state index contributed by atoms with van der Waals surface area (Å²) < 4.78 is 5.89. The molecule has 0 unspecified atom stereocenters. The molecular weight excluding hydrogens is 388 g/mol. The molecule has 4 rings (SSSR count). The molecule has 1 aliphatic carbocycles. The van der Waals surface area contributed by atoms with E-state index in [1.807, 2.05) is 35.2 Å². The van der Waals surface area contributed by atoms with Crippen LogP contribution in [0.25, 0.3) is 0 Å². The van der Waals surface area contributed by atoms with Crippen molar-refractivity contribution < 1.29 is 9.53 Å². The molecule has 1 aromatic carbocycles. The molecule has 1 aliphatic heterocycles. The predicted octanol–water partition coefficient (Wildman–Crippen LogP) is 4.09. The fourth-order valence-corrected chi connectivity index (χ4v) is 4.08. The number of pyridine rings is 1. The van der Waals surface area contributed by atoms with E-state index in [-0.39, 0.29) is 6.03 Å². The van der Waals surface area contributed by atoms with E-state index in [4.69, 9.17) is 16.3 Å². The van der Waals surface area contributed by atoms with Crippen molar-refractivity contribution in [3.63, 3.8) is 0 Å². The lowest BCUT2D eigenvalue weighted by Gasteiger charge is -2.36. The number of anilines is 1. The first-order valence-electron chi connectivity index (χ1n) is 10.3. The standard InChI is InChI=1S/C22H27ClN4O2/c23-18-4-3-5-19(14-18)26-10-12-27(13-11-26)22(28)25-16-17-8-9-21(24-15-17)29-20-6-1-2-7-20/h3-5,8-9,14-15,20H,1-2,6-7,10-13,16H2,(H,25,28). The van der Waals surface area contributed by atoms with E-state index in [1.54, 1.807) is 6.20 Å².